The molecule has 1 atom stereocenters. The molecule has 0 aliphatic heterocycles. The molecule has 0 bridgehead atoms. The zero-order valence-corrected chi connectivity index (χ0v) is 10.8. The van der Waals surface area contributed by atoms with E-state index in [-0.39, 0.29) is 18.8 Å². The van der Waals surface area contributed by atoms with Gasteiger partial charge in [0.2, 0.25) is 0 Å². The van der Waals surface area contributed by atoms with Gasteiger partial charge in [-0.2, -0.15) is 0 Å². The minimum atomic E-state index is -1.07. The maximum Gasteiger partial charge on any atom is 0.323 e. The van der Waals surface area contributed by atoms with Crippen LogP contribution in [0.25, 0.3) is 0 Å². The number of aliphatic carboxylic acids is 1. The quantitative estimate of drug-likeness (QED) is 0.816. The van der Waals surface area contributed by atoms with Crippen molar-refractivity contribution in [1.82, 2.24) is 5.32 Å². The topological polar surface area (TPSA) is 58.6 Å². The number of aryl methyl sites for hydroxylation is 1. The molecule has 0 heterocycles. The predicted octanol–water partition coefficient (Wildman–Crippen LogP) is 1.97. The number of rotatable bonds is 6. The standard InChI is InChI=1S/C13H18FNO3/c1-9-5-4-6-10(11(9)14)18-8-7-13(2,15-3)12(16)17/h4-6,15H,7-8H2,1-3H3,(H,16,17). The van der Waals surface area contributed by atoms with Gasteiger partial charge in [0.25, 0.3) is 0 Å². The second kappa shape index (κ2) is 5.82. The van der Waals surface area contributed by atoms with Gasteiger partial charge in [0.15, 0.2) is 11.6 Å². The number of hydrogen-bond donors (Lipinski definition) is 2. The molecule has 0 amide bonds. The monoisotopic (exact) mass is 255 g/mol. The molecule has 0 saturated carbocycles. The second-order valence-electron chi connectivity index (χ2n) is 4.37. The van der Waals surface area contributed by atoms with E-state index in [1.165, 1.54) is 6.07 Å². The van der Waals surface area contributed by atoms with Gasteiger partial charge >= 0.3 is 5.97 Å². The van der Waals surface area contributed by atoms with Crippen LogP contribution in [0.1, 0.15) is 18.9 Å². The van der Waals surface area contributed by atoms with E-state index in [4.69, 9.17) is 9.84 Å². The van der Waals surface area contributed by atoms with Gasteiger partial charge in [0, 0.05) is 6.42 Å². The van der Waals surface area contributed by atoms with Gasteiger partial charge < -0.3 is 15.2 Å². The summed E-state index contributed by atoms with van der Waals surface area (Å²) in [5.74, 6) is -1.21. The summed E-state index contributed by atoms with van der Waals surface area (Å²) in [6, 6.07) is 4.87. The Balaban J connectivity index is 2.61. The molecule has 0 aliphatic rings. The molecule has 0 radical (unpaired) electrons. The zero-order valence-electron chi connectivity index (χ0n) is 10.8. The molecular formula is C13H18FNO3. The van der Waals surface area contributed by atoms with Crippen molar-refractivity contribution in [1.29, 1.82) is 0 Å². The lowest BCUT2D eigenvalue weighted by molar-refractivity contribution is -0.144. The molecule has 1 aromatic rings. The molecule has 0 saturated heterocycles. The van der Waals surface area contributed by atoms with Crippen LogP contribution in [-0.2, 0) is 4.79 Å². The van der Waals surface area contributed by atoms with Gasteiger partial charge in [-0.15, -0.1) is 0 Å². The number of ether oxygens (including phenoxy) is 1. The summed E-state index contributed by atoms with van der Waals surface area (Å²) >= 11 is 0. The molecule has 1 rings (SSSR count). The Morgan fingerprint density at radius 3 is 2.78 bits per heavy atom. The number of carboxylic acid groups (broad SMARTS) is 1. The molecular weight excluding hydrogens is 237 g/mol. The maximum absolute atomic E-state index is 13.6. The molecule has 100 valence electrons. The summed E-state index contributed by atoms with van der Waals surface area (Å²) in [7, 11) is 1.57. The van der Waals surface area contributed by atoms with Gasteiger partial charge in [0.1, 0.15) is 5.54 Å². The van der Waals surface area contributed by atoms with Crippen molar-refractivity contribution < 1.29 is 19.0 Å². The third-order valence-corrected chi connectivity index (χ3v) is 3.04. The van der Waals surface area contributed by atoms with Crippen molar-refractivity contribution in [2.45, 2.75) is 25.8 Å². The molecule has 0 aromatic heterocycles. The highest BCUT2D eigenvalue weighted by molar-refractivity contribution is 5.78. The largest absolute Gasteiger partial charge is 0.490 e. The summed E-state index contributed by atoms with van der Waals surface area (Å²) in [6.45, 7) is 3.34. The lowest BCUT2D eigenvalue weighted by atomic mass is 9.99. The molecule has 0 aliphatic carbocycles. The minimum absolute atomic E-state index is 0.129. The summed E-state index contributed by atoms with van der Waals surface area (Å²) < 4.78 is 18.9. The smallest absolute Gasteiger partial charge is 0.323 e. The summed E-state index contributed by atoms with van der Waals surface area (Å²) in [6.07, 6.45) is 0.242. The Morgan fingerprint density at radius 1 is 1.56 bits per heavy atom. The van der Waals surface area contributed by atoms with E-state index in [0.717, 1.165) is 0 Å². The van der Waals surface area contributed by atoms with Gasteiger partial charge in [-0.3, -0.25) is 4.79 Å². The fourth-order valence-corrected chi connectivity index (χ4v) is 1.44. The Labute approximate surface area is 106 Å². The highest BCUT2D eigenvalue weighted by Crippen LogP contribution is 2.20. The normalized spacial score (nSPS) is 14.0. The van der Waals surface area contributed by atoms with Gasteiger partial charge in [0.05, 0.1) is 6.61 Å². The van der Waals surface area contributed by atoms with E-state index >= 15 is 0 Å². The Bertz CT molecular complexity index is 436. The molecule has 0 spiro atoms. The van der Waals surface area contributed by atoms with E-state index in [9.17, 15) is 9.18 Å². The van der Waals surface area contributed by atoms with Crippen molar-refractivity contribution in [3.8, 4) is 5.75 Å². The van der Waals surface area contributed by atoms with E-state index < -0.39 is 17.3 Å². The van der Waals surface area contributed by atoms with E-state index in [2.05, 4.69) is 5.32 Å². The number of likely N-dealkylation sites (N-methyl/N-ethyl adjacent to an activating group) is 1. The predicted molar refractivity (Wildman–Crippen MR) is 66.3 cm³/mol. The Morgan fingerprint density at radius 2 is 2.22 bits per heavy atom. The van der Waals surface area contributed by atoms with Crippen LogP contribution in [-0.4, -0.2) is 30.3 Å². The molecule has 18 heavy (non-hydrogen) atoms. The van der Waals surface area contributed by atoms with Gasteiger partial charge in [-0.25, -0.2) is 4.39 Å². The summed E-state index contributed by atoms with van der Waals surface area (Å²) in [4.78, 5) is 11.0. The first-order valence-electron chi connectivity index (χ1n) is 5.71. The third kappa shape index (κ3) is 3.20. The average molecular weight is 255 g/mol. The van der Waals surface area contributed by atoms with Crippen molar-refractivity contribution in [3.05, 3.63) is 29.6 Å². The highest BCUT2D eigenvalue weighted by Gasteiger charge is 2.30. The highest BCUT2D eigenvalue weighted by atomic mass is 19.1. The minimum Gasteiger partial charge on any atom is -0.490 e. The van der Waals surface area contributed by atoms with E-state index in [1.807, 2.05) is 0 Å². The van der Waals surface area contributed by atoms with E-state index in [1.54, 1.807) is 33.0 Å². The van der Waals surface area contributed by atoms with Crippen LogP contribution in [0.2, 0.25) is 0 Å². The van der Waals surface area contributed by atoms with Gasteiger partial charge in [-0.05, 0) is 32.5 Å². The molecule has 5 heteroatoms. The molecule has 0 fully saturated rings. The van der Waals surface area contributed by atoms with Crippen molar-refractivity contribution >= 4 is 5.97 Å². The Hall–Kier alpha value is -1.62. The molecule has 4 nitrogen and oxygen atoms in total. The first-order valence-corrected chi connectivity index (χ1v) is 5.71. The summed E-state index contributed by atoms with van der Waals surface area (Å²) in [5, 5.41) is 11.8. The van der Waals surface area contributed by atoms with Crippen LogP contribution in [0.3, 0.4) is 0 Å². The second-order valence-corrected chi connectivity index (χ2v) is 4.37. The number of hydrogen-bond acceptors (Lipinski definition) is 3. The average Bonchev–Trinajstić information content (AvgIpc) is 2.34. The summed E-state index contributed by atoms with van der Waals surface area (Å²) in [5.41, 5.74) is -0.567. The fraction of sp³-hybridized carbons (Fsp3) is 0.462. The number of carbonyl (C=O) groups is 1. The van der Waals surface area contributed by atoms with Crippen LogP contribution in [0, 0.1) is 12.7 Å². The fourth-order valence-electron chi connectivity index (χ4n) is 1.44. The number of benzene rings is 1. The molecule has 1 unspecified atom stereocenters. The van der Waals surface area contributed by atoms with Crippen molar-refractivity contribution in [2.24, 2.45) is 0 Å². The van der Waals surface area contributed by atoms with Crippen LogP contribution in [0.5, 0.6) is 5.75 Å². The number of carboxylic acids is 1. The Kier molecular flexibility index (Phi) is 4.67. The maximum atomic E-state index is 13.6. The van der Waals surface area contributed by atoms with E-state index in [0.29, 0.717) is 5.56 Å². The van der Waals surface area contributed by atoms with Crippen molar-refractivity contribution in [3.63, 3.8) is 0 Å². The SMILES string of the molecule is CNC(C)(CCOc1cccc(C)c1F)C(=O)O. The van der Waals surface area contributed by atoms with Crippen molar-refractivity contribution in [2.75, 3.05) is 13.7 Å². The lowest BCUT2D eigenvalue weighted by Gasteiger charge is -2.24. The first kappa shape index (κ1) is 14.4. The van der Waals surface area contributed by atoms with Crippen LogP contribution in [0.4, 0.5) is 4.39 Å². The lowest BCUT2D eigenvalue weighted by Crippen LogP contribution is -2.48. The zero-order chi connectivity index (χ0) is 13.8. The third-order valence-electron chi connectivity index (χ3n) is 3.04. The molecule has 1 aromatic carbocycles. The molecule has 2 N–H and O–H groups in total. The first-order chi connectivity index (χ1) is 8.40. The van der Waals surface area contributed by atoms with Crippen LogP contribution < -0.4 is 10.1 Å². The van der Waals surface area contributed by atoms with Gasteiger partial charge in [-0.1, -0.05) is 12.1 Å². The van der Waals surface area contributed by atoms with Crippen LogP contribution in [0.15, 0.2) is 18.2 Å². The van der Waals surface area contributed by atoms with Crippen LogP contribution >= 0.6 is 0 Å². The number of nitrogens with one attached hydrogen (secondary N) is 1. The number of halogens is 1.